The number of anilines is 2. The number of hydrogen-bond donors (Lipinski definition) is 1. The second-order valence-corrected chi connectivity index (χ2v) is 7.37. The average molecular weight is 408 g/mol. The van der Waals surface area contributed by atoms with Gasteiger partial charge >= 0.3 is 0 Å². The lowest BCUT2D eigenvalue weighted by atomic mass is 9.90. The molecule has 1 heterocycles. The Morgan fingerprint density at radius 3 is 2.47 bits per heavy atom. The molecule has 6 heteroatoms. The first-order valence-corrected chi connectivity index (χ1v) is 9.76. The van der Waals surface area contributed by atoms with E-state index < -0.39 is 0 Å². The van der Waals surface area contributed by atoms with E-state index in [4.69, 9.17) is 4.74 Å². The topological polar surface area (TPSA) is 41.6 Å². The van der Waals surface area contributed by atoms with Gasteiger partial charge in [0.05, 0.1) is 18.7 Å². The number of nitrogens with one attached hydrogen (secondary N) is 1. The Morgan fingerprint density at radius 1 is 1.03 bits per heavy atom. The van der Waals surface area contributed by atoms with E-state index in [9.17, 15) is 13.6 Å². The van der Waals surface area contributed by atoms with Crippen LogP contribution in [0.1, 0.15) is 35.3 Å². The maximum atomic E-state index is 14.1. The second-order valence-electron chi connectivity index (χ2n) is 7.37. The van der Waals surface area contributed by atoms with E-state index in [-0.39, 0.29) is 29.6 Å². The second kappa shape index (κ2) is 8.14. The fraction of sp³-hybridized carbons (Fsp3) is 0.208. The van der Waals surface area contributed by atoms with Crippen LogP contribution in [0.2, 0.25) is 0 Å². The fourth-order valence-corrected chi connectivity index (χ4v) is 3.98. The predicted octanol–water partition coefficient (Wildman–Crippen LogP) is 5.57. The predicted molar refractivity (Wildman–Crippen MR) is 113 cm³/mol. The summed E-state index contributed by atoms with van der Waals surface area (Å²) in [4.78, 5) is 15.1. The highest BCUT2D eigenvalue weighted by molar-refractivity contribution is 6.09. The van der Waals surface area contributed by atoms with Crippen molar-refractivity contribution in [2.45, 2.75) is 25.4 Å². The normalized spacial score (nSPS) is 17.9. The lowest BCUT2D eigenvalue weighted by Crippen LogP contribution is -2.44. The van der Waals surface area contributed by atoms with Gasteiger partial charge in [-0.05, 0) is 67.9 Å². The van der Waals surface area contributed by atoms with E-state index >= 15 is 0 Å². The van der Waals surface area contributed by atoms with E-state index in [0.29, 0.717) is 29.0 Å². The van der Waals surface area contributed by atoms with E-state index in [1.807, 2.05) is 6.92 Å². The average Bonchev–Trinajstić information content (AvgIpc) is 2.75. The quantitative estimate of drug-likeness (QED) is 0.614. The smallest absolute Gasteiger partial charge is 0.262 e. The van der Waals surface area contributed by atoms with Crippen molar-refractivity contribution in [1.29, 1.82) is 0 Å². The molecule has 3 aromatic carbocycles. The maximum absolute atomic E-state index is 14.1. The first kappa shape index (κ1) is 19.9. The largest absolute Gasteiger partial charge is 0.496 e. The van der Waals surface area contributed by atoms with Crippen molar-refractivity contribution in [3.05, 3.63) is 89.5 Å². The molecule has 1 N–H and O–H groups in total. The number of amides is 1. The molecule has 0 aromatic heterocycles. The zero-order valence-corrected chi connectivity index (χ0v) is 16.7. The number of fused-ring (bicyclic) bond motifs is 1. The van der Waals surface area contributed by atoms with Crippen molar-refractivity contribution in [1.82, 2.24) is 0 Å². The van der Waals surface area contributed by atoms with Crippen LogP contribution in [0, 0.1) is 11.6 Å². The third-order valence-corrected chi connectivity index (χ3v) is 5.38. The number of carbonyl (C=O) groups excluding carboxylic acids is 1. The molecule has 0 spiro atoms. The highest BCUT2D eigenvalue weighted by atomic mass is 19.1. The van der Waals surface area contributed by atoms with Gasteiger partial charge in [-0.15, -0.1) is 0 Å². The van der Waals surface area contributed by atoms with Crippen LogP contribution in [-0.2, 0) is 0 Å². The molecular weight excluding hydrogens is 386 g/mol. The third-order valence-electron chi connectivity index (χ3n) is 5.38. The Balaban J connectivity index is 1.73. The first-order valence-electron chi connectivity index (χ1n) is 9.76. The summed E-state index contributed by atoms with van der Waals surface area (Å²) < 4.78 is 32.7. The van der Waals surface area contributed by atoms with Gasteiger partial charge in [0, 0.05) is 23.0 Å². The summed E-state index contributed by atoms with van der Waals surface area (Å²) in [5.74, 6) is -0.408. The number of ether oxygens (including phenoxy) is 1. The summed E-state index contributed by atoms with van der Waals surface area (Å²) >= 11 is 0. The molecule has 3 aromatic rings. The number of carbonyl (C=O) groups is 1. The Hall–Kier alpha value is -3.41. The van der Waals surface area contributed by atoms with Crippen LogP contribution in [0.4, 0.5) is 20.2 Å². The summed E-state index contributed by atoms with van der Waals surface area (Å²) in [7, 11) is 1.53. The van der Waals surface area contributed by atoms with Gasteiger partial charge in [-0.1, -0.05) is 12.1 Å². The minimum absolute atomic E-state index is 0.154. The van der Waals surface area contributed by atoms with Gasteiger partial charge in [-0.25, -0.2) is 8.78 Å². The summed E-state index contributed by atoms with van der Waals surface area (Å²) in [5.41, 5.74) is 2.51. The van der Waals surface area contributed by atoms with Crippen molar-refractivity contribution in [2.24, 2.45) is 0 Å². The maximum Gasteiger partial charge on any atom is 0.262 e. The highest BCUT2D eigenvalue weighted by Gasteiger charge is 2.35. The molecule has 2 atom stereocenters. The molecule has 154 valence electrons. The van der Waals surface area contributed by atoms with Gasteiger partial charge in [-0.2, -0.15) is 0 Å². The molecule has 0 saturated carbocycles. The Kier molecular flexibility index (Phi) is 5.40. The van der Waals surface area contributed by atoms with Crippen molar-refractivity contribution in [3.63, 3.8) is 0 Å². The third kappa shape index (κ3) is 3.73. The highest BCUT2D eigenvalue weighted by Crippen LogP contribution is 2.40. The van der Waals surface area contributed by atoms with Gasteiger partial charge in [-0.3, -0.25) is 4.79 Å². The number of methoxy groups -OCH3 is 1. The van der Waals surface area contributed by atoms with Crippen LogP contribution < -0.4 is 15.0 Å². The summed E-state index contributed by atoms with van der Waals surface area (Å²) in [6.45, 7) is 1.96. The molecule has 0 saturated heterocycles. The van der Waals surface area contributed by atoms with Gasteiger partial charge in [0.1, 0.15) is 17.4 Å². The fourth-order valence-electron chi connectivity index (χ4n) is 3.98. The van der Waals surface area contributed by atoms with E-state index in [1.165, 1.54) is 31.4 Å². The molecule has 1 aliphatic rings. The molecule has 4 nitrogen and oxygen atoms in total. The number of para-hydroxylation sites is 1. The molecule has 30 heavy (non-hydrogen) atoms. The van der Waals surface area contributed by atoms with Crippen molar-refractivity contribution in [3.8, 4) is 5.75 Å². The van der Waals surface area contributed by atoms with Crippen LogP contribution in [0.25, 0.3) is 0 Å². The molecule has 0 fully saturated rings. The van der Waals surface area contributed by atoms with E-state index in [0.717, 1.165) is 5.69 Å². The molecule has 0 bridgehead atoms. The lowest BCUT2D eigenvalue weighted by molar-refractivity contribution is 0.0971. The number of rotatable bonds is 4. The summed E-state index contributed by atoms with van der Waals surface area (Å²) in [5, 5.41) is 3.35. The zero-order chi connectivity index (χ0) is 21.3. The molecule has 0 aliphatic carbocycles. The Labute approximate surface area is 174 Å². The van der Waals surface area contributed by atoms with Crippen molar-refractivity contribution in [2.75, 3.05) is 17.3 Å². The summed E-state index contributed by atoms with van der Waals surface area (Å²) in [6.07, 6.45) is 0.564. The zero-order valence-electron chi connectivity index (χ0n) is 16.7. The molecule has 0 unspecified atom stereocenters. The number of halogens is 2. The van der Waals surface area contributed by atoms with Gasteiger partial charge < -0.3 is 15.0 Å². The van der Waals surface area contributed by atoms with Gasteiger partial charge in [0.15, 0.2) is 0 Å². The molecule has 1 aliphatic heterocycles. The molecule has 0 radical (unpaired) electrons. The Morgan fingerprint density at radius 2 is 1.73 bits per heavy atom. The molecular formula is C24H22F2N2O2. The number of hydrogen-bond acceptors (Lipinski definition) is 3. The minimum atomic E-state index is -0.376. The standard InChI is InChI=1S/C24H22F2N2O2/c1-15-13-21(27-18-10-7-16(25)8-11-18)20-14-17(26)9-12-22(20)28(15)24(29)19-5-3-4-6-23(19)30-2/h3-12,14-15,21,27H,13H2,1-2H3/t15-,21+/m1/s1. The summed E-state index contributed by atoms with van der Waals surface area (Å²) in [6, 6.07) is 17.2. The molecule has 4 rings (SSSR count). The van der Waals surface area contributed by atoms with Gasteiger partial charge in [0.2, 0.25) is 0 Å². The van der Waals surface area contributed by atoms with Crippen LogP contribution in [0.5, 0.6) is 5.75 Å². The lowest BCUT2D eigenvalue weighted by Gasteiger charge is -2.40. The van der Waals surface area contributed by atoms with Crippen molar-refractivity contribution < 1.29 is 18.3 Å². The van der Waals surface area contributed by atoms with Crippen molar-refractivity contribution >= 4 is 17.3 Å². The van der Waals surface area contributed by atoms with Crippen LogP contribution in [-0.4, -0.2) is 19.1 Å². The number of benzene rings is 3. The van der Waals surface area contributed by atoms with Crippen LogP contribution >= 0.6 is 0 Å². The minimum Gasteiger partial charge on any atom is -0.496 e. The van der Waals surface area contributed by atoms with Crippen LogP contribution in [0.3, 0.4) is 0 Å². The molecule has 1 amide bonds. The monoisotopic (exact) mass is 408 g/mol. The van der Waals surface area contributed by atoms with E-state index in [2.05, 4.69) is 5.32 Å². The van der Waals surface area contributed by atoms with Gasteiger partial charge in [0.25, 0.3) is 5.91 Å². The number of nitrogens with zero attached hydrogens (tertiary/aromatic N) is 1. The SMILES string of the molecule is COc1ccccc1C(=O)N1c2ccc(F)cc2[C@@H](Nc2ccc(F)cc2)C[C@H]1C. The van der Waals surface area contributed by atoms with E-state index in [1.54, 1.807) is 47.4 Å². The first-order chi connectivity index (χ1) is 14.5. The Bertz CT molecular complexity index is 1070. The van der Waals surface area contributed by atoms with Crippen LogP contribution in [0.15, 0.2) is 66.7 Å².